The van der Waals surface area contributed by atoms with Crippen molar-refractivity contribution in [2.45, 2.75) is 31.1 Å². The van der Waals surface area contributed by atoms with E-state index in [0.717, 1.165) is 17.7 Å². The van der Waals surface area contributed by atoms with Crippen LogP contribution in [0.25, 0.3) is 6.08 Å². The van der Waals surface area contributed by atoms with Crippen molar-refractivity contribution < 1.29 is 17.7 Å². The van der Waals surface area contributed by atoms with Gasteiger partial charge in [0.05, 0.1) is 5.92 Å². The first kappa shape index (κ1) is 21.6. The number of aryl methyl sites for hydroxylation is 1. The quantitative estimate of drug-likeness (QED) is 0.704. The van der Waals surface area contributed by atoms with E-state index in [4.69, 9.17) is 4.52 Å². The fourth-order valence-electron chi connectivity index (χ4n) is 4.29. The van der Waals surface area contributed by atoms with E-state index in [9.17, 15) is 13.2 Å². The lowest BCUT2D eigenvalue weighted by atomic mass is 9.98. The van der Waals surface area contributed by atoms with Gasteiger partial charge in [-0.3, -0.25) is 4.79 Å². The molecule has 2 aromatic rings. The SMILES string of the molecule is Cc1noc(/C=C/N(C)C)c1S(=O)(=O)N1CCC[C@@H](C(=O)N2CCc3ccccc32)C1. The molecule has 31 heavy (non-hydrogen) atoms. The Hall–Kier alpha value is -2.65. The van der Waals surface area contributed by atoms with Gasteiger partial charge in [0.15, 0.2) is 10.7 Å². The fraction of sp³-hybridized carbons (Fsp3) is 0.455. The number of piperidine rings is 1. The van der Waals surface area contributed by atoms with Crippen molar-refractivity contribution >= 4 is 27.7 Å². The normalized spacial score (nSPS) is 19.7. The van der Waals surface area contributed by atoms with Crippen LogP contribution in [0.15, 0.2) is 39.9 Å². The third kappa shape index (κ3) is 4.12. The molecule has 0 saturated carbocycles. The molecule has 1 aromatic carbocycles. The van der Waals surface area contributed by atoms with Crippen LogP contribution in [0.2, 0.25) is 0 Å². The molecule has 1 atom stereocenters. The van der Waals surface area contributed by atoms with Crippen molar-refractivity contribution in [3.8, 4) is 0 Å². The number of para-hydroxylation sites is 1. The summed E-state index contributed by atoms with van der Waals surface area (Å²) in [5.74, 6) is -0.164. The molecule has 0 spiro atoms. The average molecular weight is 445 g/mol. The van der Waals surface area contributed by atoms with Crippen LogP contribution in [-0.4, -0.2) is 62.4 Å². The van der Waals surface area contributed by atoms with E-state index in [1.807, 2.05) is 43.3 Å². The summed E-state index contributed by atoms with van der Waals surface area (Å²) < 4.78 is 33.6. The van der Waals surface area contributed by atoms with Crippen LogP contribution in [0.5, 0.6) is 0 Å². The summed E-state index contributed by atoms with van der Waals surface area (Å²) in [6.07, 6.45) is 5.46. The van der Waals surface area contributed by atoms with Gasteiger partial charge in [-0.15, -0.1) is 0 Å². The smallest absolute Gasteiger partial charge is 0.248 e. The Bertz CT molecular complexity index is 1110. The first-order valence-corrected chi connectivity index (χ1v) is 11.9. The van der Waals surface area contributed by atoms with E-state index in [1.54, 1.807) is 24.1 Å². The number of hydrogen-bond acceptors (Lipinski definition) is 6. The lowest BCUT2D eigenvalue weighted by Gasteiger charge is -2.33. The van der Waals surface area contributed by atoms with Gasteiger partial charge in [0.2, 0.25) is 15.9 Å². The van der Waals surface area contributed by atoms with E-state index in [0.29, 0.717) is 31.6 Å². The van der Waals surface area contributed by atoms with Crippen molar-refractivity contribution in [3.63, 3.8) is 0 Å². The Morgan fingerprint density at radius 2 is 2.03 bits per heavy atom. The van der Waals surface area contributed by atoms with Crippen LogP contribution in [-0.2, 0) is 21.2 Å². The summed E-state index contributed by atoms with van der Waals surface area (Å²) in [5, 5.41) is 3.87. The average Bonchev–Trinajstić information content (AvgIpc) is 3.35. The molecular weight excluding hydrogens is 416 g/mol. The van der Waals surface area contributed by atoms with Gasteiger partial charge in [0.25, 0.3) is 0 Å². The van der Waals surface area contributed by atoms with E-state index >= 15 is 0 Å². The van der Waals surface area contributed by atoms with E-state index < -0.39 is 10.0 Å². The maximum Gasteiger partial charge on any atom is 0.248 e. The van der Waals surface area contributed by atoms with Crippen molar-refractivity contribution in [3.05, 3.63) is 47.5 Å². The maximum absolute atomic E-state index is 13.5. The van der Waals surface area contributed by atoms with Crippen molar-refractivity contribution in [1.82, 2.24) is 14.4 Å². The van der Waals surface area contributed by atoms with Crippen molar-refractivity contribution in [2.75, 3.05) is 38.6 Å². The topological polar surface area (TPSA) is 87.0 Å². The van der Waals surface area contributed by atoms with Crippen molar-refractivity contribution in [2.24, 2.45) is 5.92 Å². The standard InChI is InChI=1S/C22H28N4O4S/c1-16-21(20(30-23-16)11-13-24(2)3)31(28,29)25-12-6-8-18(15-25)22(27)26-14-10-17-7-4-5-9-19(17)26/h4-5,7,9,11,13,18H,6,8,10,12,14-15H2,1-3H3/b13-11+/t18-/m1/s1. The minimum absolute atomic E-state index is 0.000354. The molecule has 4 rings (SSSR count). The Morgan fingerprint density at radius 3 is 2.81 bits per heavy atom. The van der Waals surface area contributed by atoms with Crippen molar-refractivity contribution in [1.29, 1.82) is 0 Å². The first-order chi connectivity index (χ1) is 14.8. The minimum Gasteiger partial charge on any atom is -0.383 e. The lowest BCUT2D eigenvalue weighted by molar-refractivity contribution is -0.123. The molecule has 2 aliphatic heterocycles. The predicted molar refractivity (Wildman–Crippen MR) is 118 cm³/mol. The number of nitrogens with zero attached hydrogens (tertiary/aromatic N) is 4. The summed E-state index contributed by atoms with van der Waals surface area (Å²) in [6, 6.07) is 7.91. The number of hydrogen-bond donors (Lipinski definition) is 0. The molecular formula is C22H28N4O4S. The van der Waals surface area contributed by atoms with Gasteiger partial charge >= 0.3 is 0 Å². The molecule has 1 amide bonds. The molecule has 8 nitrogen and oxygen atoms in total. The lowest BCUT2D eigenvalue weighted by Crippen LogP contribution is -2.46. The molecule has 0 N–H and O–H groups in total. The van der Waals surface area contributed by atoms with Gasteiger partial charge in [-0.1, -0.05) is 23.4 Å². The van der Waals surface area contributed by atoms with Crippen LogP contribution >= 0.6 is 0 Å². The Kier molecular flexibility index (Phi) is 5.90. The highest BCUT2D eigenvalue weighted by molar-refractivity contribution is 7.89. The number of amides is 1. The summed E-state index contributed by atoms with van der Waals surface area (Å²) in [4.78, 5) is 17.0. The first-order valence-electron chi connectivity index (χ1n) is 10.5. The molecule has 1 aromatic heterocycles. The van der Waals surface area contributed by atoms with Crippen LogP contribution in [0.4, 0.5) is 5.69 Å². The third-order valence-corrected chi connectivity index (χ3v) is 7.87. The Morgan fingerprint density at radius 1 is 1.26 bits per heavy atom. The number of anilines is 1. The van der Waals surface area contributed by atoms with Crippen LogP contribution in [0.1, 0.15) is 29.9 Å². The van der Waals surface area contributed by atoms with Gasteiger partial charge in [-0.05, 0) is 37.8 Å². The van der Waals surface area contributed by atoms with Crippen LogP contribution < -0.4 is 4.90 Å². The highest BCUT2D eigenvalue weighted by atomic mass is 32.2. The molecule has 9 heteroatoms. The number of sulfonamides is 1. The molecule has 2 aliphatic rings. The van der Waals surface area contributed by atoms with Gasteiger partial charge in [-0.25, -0.2) is 8.42 Å². The van der Waals surface area contributed by atoms with Gasteiger partial charge in [-0.2, -0.15) is 4.31 Å². The molecule has 166 valence electrons. The number of carbonyl (C=O) groups excluding carboxylic acids is 1. The van der Waals surface area contributed by atoms with Crippen LogP contribution in [0, 0.1) is 12.8 Å². The highest BCUT2D eigenvalue weighted by Crippen LogP contribution is 2.33. The largest absolute Gasteiger partial charge is 0.383 e. The van der Waals surface area contributed by atoms with Crippen LogP contribution in [0.3, 0.4) is 0 Å². The van der Waals surface area contributed by atoms with E-state index in [1.165, 1.54) is 4.31 Å². The highest BCUT2D eigenvalue weighted by Gasteiger charge is 2.39. The zero-order chi connectivity index (χ0) is 22.2. The zero-order valence-corrected chi connectivity index (χ0v) is 18.9. The number of rotatable bonds is 5. The summed E-state index contributed by atoms with van der Waals surface area (Å²) in [6.45, 7) is 2.81. The molecule has 0 aliphatic carbocycles. The monoisotopic (exact) mass is 444 g/mol. The maximum atomic E-state index is 13.5. The van der Waals surface area contributed by atoms with Gasteiger partial charge < -0.3 is 14.3 Å². The molecule has 0 radical (unpaired) electrons. The molecule has 1 saturated heterocycles. The second kappa shape index (κ2) is 8.47. The molecule has 1 fully saturated rings. The number of benzene rings is 1. The predicted octanol–water partition coefficient (Wildman–Crippen LogP) is 2.51. The Balaban J connectivity index is 1.57. The van der Waals surface area contributed by atoms with E-state index in [2.05, 4.69) is 5.16 Å². The minimum atomic E-state index is -3.84. The zero-order valence-electron chi connectivity index (χ0n) is 18.1. The Labute approximate surface area is 183 Å². The molecule has 0 unspecified atom stereocenters. The summed E-state index contributed by atoms with van der Waals surface area (Å²) >= 11 is 0. The second-order valence-corrected chi connectivity index (χ2v) is 10.2. The molecule has 3 heterocycles. The number of carbonyl (C=O) groups is 1. The third-order valence-electron chi connectivity index (χ3n) is 5.84. The second-order valence-electron chi connectivity index (χ2n) is 8.31. The summed E-state index contributed by atoms with van der Waals surface area (Å²) in [7, 11) is -0.165. The fourth-order valence-corrected chi connectivity index (χ4v) is 6.07. The molecule has 0 bridgehead atoms. The number of fused-ring (bicyclic) bond motifs is 1. The van der Waals surface area contributed by atoms with Gasteiger partial charge in [0.1, 0.15) is 5.69 Å². The summed E-state index contributed by atoms with van der Waals surface area (Å²) in [5.41, 5.74) is 2.42. The number of aromatic nitrogens is 1. The van der Waals surface area contributed by atoms with E-state index in [-0.39, 0.29) is 29.0 Å². The van der Waals surface area contributed by atoms with Gasteiger partial charge in [0, 0.05) is 51.7 Å².